The average molecular weight is 352 g/mol. The second kappa shape index (κ2) is 5.84. The Morgan fingerprint density at radius 2 is 1.63 bits per heavy atom. The monoisotopic (exact) mass is 350 g/mol. The zero-order valence-electron chi connectivity index (χ0n) is 9.39. The van der Waals surface area contributed by atoms with Crippen molar-refractivity contribution in [2.45, 2.75) is 5.88 Å². The van der Waals surface area contributed by atoms with Crippen LogP contribution in [-0.2, 0) is 5.88 Å². The molecule has 0 N–H and O–H groups in total. The van der Waals surface area contributed by atoms with Gasteiger partial charge in [-0.05, 0) is 35.9 Å². The molecule has 0 aliphatic carbocycles. The van der Waals surface area contributed by atoms with Crippen LogP contribution in [0.1, 0.15) is 5.56 Å². The van der Waals surface area contributed by atoms with E-state index in [9.17, 15) is 13.2 Å². The largest absolute Gasteiger partial charge is 0.448 e. The van der Waals surface area contributed by atoms with Crippen LogP contribution in [0.2, 0.25) is 0 Å². The Bertz CT molecular complexity index is 596. The summed E-state index contributed by atoms with van der Waals surface area (Å²) in [6, 6.07) is 6.00. The van der Waals surface area contributed by atoms with Crippen molar-refractivity contribution in [2.75, 3.05) is 0 Å². The molecule has 2 rings (SSSR count). The van der Waals surface area contributed by atoms with Gasteiger partial charge in [-0.25, -0.2) is 13.2 Å². The smallest absolute Gasteiger partial charge is 0.198 e. The van der Waals surface area contributed by atoms with E-state index < -0.39 is 23.2 Å². The SMILES string of the molecule is Fc1cc(Br)ccc1Oc1c(F)cc(CCl)cc1F. The topological polar surface area (TPSA) is 9.23 Å². The molecule has 0 aromatic heterocycles. The lowest BCUT2D eigenvalue weighted by molar-refractivity contribution is 0.387. The molecular formula is C13H7BrClF3O. The number of hydrogen-bond donors (Lipinski definition) is 0. The van der Waals surface area contributed by atoms with Gasteiger partial charge in [0.15, 0.2) is 29.0 Å². The molecule has 0 atom stereocenters. The first-order valence-electron chi connectivity index (χ1n) is 5.18. The molecule has 0 saturated heterocycles. The molecule has 0 saturated carbocycles. The molecule has 0 aliphatic rings. The van der Waals surface area contributed by atoms with Crippen LogP contribution < -0.4 is 4.74 Å². The first kappa shape index (κ1) is 14.2. The summed E-state index contributed by atoms with van der Waals surface area (Å²) in [4.78, 5) is 0. The van der Waals surface area contributed by atoms with Crippen molar-refractivity contribution < 1.29 is 17.9 Å². The molecule has 0 bridgehead atoms. The predicted molar refractivity (Wildman–Crippen MR) is 70.1 cm³/mol. The van der Waals surface area contributed by atoms with Crippen LogP contribution in [0.4, 0.5) is 13.2 Å². The lowest BCUT2D eigenvalue weighted by Gasteiger charge is -2.10. The van der Waals surface area contributed by atoms with Crippen molar-refractivity contribution in [2.24, 2.45) is 0 Å². The number of alkyl halides is 1. The minimum Gasteiger partial charge on any atom is -0.448 e. The van der Waals surface area contributed by atoms with Crippen LogP contribution in [0.5, 0.6) is 11.5 Å². The van der Waals surface area contributed by atoms with E-state index >= 15 is 0 Å². The van der Waals surface area contributed by atoms with E-state index in [1.807, 2.05) is 0 Å². The summed E-state index contributed by atoms with van der Waals surface area (Å²) >= 11 is 8.56. The zero-order chi connectivity index (χ0) is 14.0. The molecule has 0 fully saturated rings. The molecule has 0 unspecified atom stereocenters. The molecule has 0 radical (unpaired) electrons. The van der Waals surface area contributed by atoms with Gasteiger partial charge in [-0.2, -0.15) is 0 Å². The molecule has 0 aliphatic heterocycles. The van der Waals surface area contributed by atoms with Crippen molar-refractivity contribution in [1.29, 1.82) is 0 Å². The minimum absolute atomic E-state index is 0.0270. The predicted octanol–water partition coefficient (Wildman–Crippen LogP) is 5.40. The maximum Gasteiger partial charge on any atom is 0.198 e. The molecule has 100 valence electrons. The highest BCUT2D eigenvalue weighted by Gasteiger charge is 2.15. The van der Waals surface area contributed by atoms with E-state index in [1.165, 1.54) is 12.1 Å². The summed E-state index contributed by atoms with van der Waals surface area (Å²) in [6.45, 7) is 0. The Labute approximate surface area is 121 Å². The van der Waals surface area contributed by atoms with Gasteiger partial charge < -0.3 is 4.74 Å². The Morgan fingerprint density at radius 1 is 1.00 bits per heavy atom. The summed E-state index contributed by atoms with van der Waals surface area (Å²) in [7, 11) is 0. The van der Waals surface area contributed by atoms with Crippen LogP contribution in [0.3, 0.4) is 0 Å². The van der Waals surface area contributed by atoms with E-state index in [4.69, 9.17) is 16.3 Å². The third kappa shape index (κ3) is 3.22. The summed E-state index contributed by atoms with van der Waals surface area (Å²) < 4.78 is 46.2. The number of rotatable bonds is 3. The molecule has 1 nitrogen and oxygen atoms in total. The molecule has 2 aromatic rings. The van der Waals surface area contributed by atoms with Crippen molar-refractivity contribution in [3.63, 3.8) is 0 Å². The van der Waals surface area contributed by atoms with Crippen molar-refractivity contribution in [3.8, 4) is 11.5 Å². The van der Waals surface area contributed by atoms with Gasteiger partial charge in [-0.15, -0.1) is 11.6 Å². The molecular weight excluding hydrogens is 344 g/mol. The Hall–Kier alpha value is -1.20. The van der Waals surface area contributed by atoms with Crippen LogP contribution in [0.25, 0.3) is 0 Å². The van der Waals surface area contributed by atoms with E-state index in [-0.39, 0.29) is 17.2 Å². The van der Waals surface area contributed by atoms with Gasteiger partial charge in [-0.1, -0.05) is 15.9 Å². The lowest BCUT2D eigenvalue weighted by atomic mass is 10.2. The highest BCUT2D eigenvalue weighted by molar-refractivity contribution is 9.10. The van der Waals surface area contributed by atoms with Crippen molar-refractivity contribution >= 4 is 27.5 Å². The number of halogens is 5. The summed E-state index contributed by atoms with van der Waals surface area (Å²) in [5.74, 6) is -3.54. The van der Waals surface area contributed by atoms with Crippen LogP contribution in [0.15, 0.2) is 34.8 Å². The highest BCUT2D eigenvalue weighted by atomic mass is 79.9. The molecule has 2 aromatic carbocycles. The Morgan fingerprint density at radius 3 is 2.16 bits per heavy atom. The fraction of sp³-hybridized carbons (Fsp3) is 0.0769. The first-order valence-corrected chi connectivity index (χ1v) is 6.51. The Kier molecular flexibility index (Phi) is 4.37. The average Bonchev–Trinajstić information content (AvgIpc) is 2.35. The highest BCUT2D eigenvalue weighted by Crippen LogP contribution is 2.31. The summed E-state index contributed by atoms with van der Waals surface area (Å²) in [5.41, 5.74) is 0.278. The molecule has 0 heterocycles. The number of benzene rings is 2. The van der Waals surface area contributed by atoms with Gasteiger partial charge in [0, 0.05) is 10.4 Å². The summed E-state index contributed by atoms with van der Waals surface area (Å²) in [6.07, 6.45) is 0. The molecule has 6 heteroatoms. The van der Waals surface area contributed by atoms with E-state index in [1.54, 1.807) is 0 Å². The Balaban J connectivity index is 2.38. The number of ether oxygens (including phenoxy) is 1. The van der Waals surface area contributed by atoms with Crippen molar-refractivity contribution in [3.05, 3.63) is 57.8 Å². The maximum atomic E-state index is 13.6. The van der Waals surface area contributed by atoms with Gasteiger partial charge >= 0.3 is 0 Å². The molecule has 19 heavy (non-hydrogen) atoms. The van der Waals surface area contributed by atoms with Gasteiger partial charge in [0.2, 0.25) is 0 Å². The molecule has 0 amide bonds. The van der Waals surface area contributed by atoms with Crippen molar-refractivity contribution in [1.82, 2.24) is 0 Å². The quantitative estimate of drug-likeness (QED) is 0.673. The van der Waals surface area contributed by atoms with Gasteiger partial charge in [0.1, 0.15) is 0 Å². The van der Waals surface area contributed by atoms with Crippen LogP contribution in [-0.4, -0.2) is 0 Å². The standard InChI is InChI=1S/C13H7BrClF3O/c14-8-1-2-12(9(16)5-8)19-13-10(17)3-7(6-15)4-11(13)18/h1-5H,6H2. The second-order valence-corrected chi connectivity index (χ2v) is 4.88. The normalized spacial score (nSPS) is 10.6. The second-order valence-electron chi connectivity index (χ2n) is 3.70. The first-order chi connectivity index (χ1) is 9.01. The number of hydrogen-bond acceptors (Lipinski definition) is 1. The summed E-state index contributed by atoms with van der Waals surface area (Å²) in [5, 5.41) is 0. The van der Waals surface area contributed by atoms with E-state index in [0.29, 0.717) is 4.47 Å². The maximum absolute atomic E-state index is 13.6. The van der Waals surface area contributed by atoms with Crippen LogP contribution >= 0.6 is 27.5 Å². The third-order valence-corrected chi connectivity index (χ3v) is 3.12. The minimum atomic E-state index is -0.932. The van der Waals surface area contributed by atoms with Gasteiger partial charge in [0.25, 0.3) is 0 Å². The fourth-order valence-electron chi connectivity index (χ4n) is 1.45. The van der Waals surface area contributed by atoms with E-state index in [2.05, 4.69) is 15.9 Å². The molecule has 0 spiro atoms. The zero-order valence-corrected chi connectivity index (χ0v) is 11.7. The fourth-order valence-corrected chi connectivity index (χ4v) is 1.94. The van der Waals surface area contributed by atoms with Gasteiger partial charge in [0.05, 0.1) is 0 Å². The van der Waals surface area contributed by atoms with E-state index in [0.717, 1.165) is 18.2 Å². The van der Waals surface area contributed by atoms with Crippen LogP contribution in [0, 0.1) is 17.5 Å². The lowest BCUT2D eigenvalue weighted by Crippen LogP contribution is -1.96. The van der Waals surface area contributed by atoms with Gasteiger partial charge in [-0.3, -0.25) is 0 Å². The third-order valence-electron chi connectivity index (χ3n) is 2.32.